The van der Waals surface area contributed by atoms with Gasteiger partial charge in [-0.25, -0.2) is 9.78 Å². The number of guanidine groups is 1. The van der Waals surface area contributed by atoms with Crippen LogP contribution in [0.25, 0.3) is 0 Å². The highest BCUT2D eigenvalue weighted by atomic mass is 127. The molecule has 1 aromatic rings. The zero-order valence-corrected chi connectivity index (χ0v) is 22.3. The van der Waals surface area contributed by atoms with Crippen molar-refractivity contribution in [3.05, 3.63) is 15.6 Å². The summed E-state index contributed by atoms with van der Waals surface area (Å²) in [6.07, 6.45) is 2.46. The highest BCUT2D eigenvalue weighted by molar-refractivity contribution is 14.0. The number of ether oxygens (including phenoxy) is 1. The average Bonchev–Trinajstić information content (AvgIpc) is 3.26. The third kappa shape index (κ3) is 7.96. The molecule has 1 aliphatic rings. The number of thiazole rings is 1. The number of likely N-dealkylation sites (tertiary alicyclic amines) is 1. The Labute approximate surface area is 202 Å². The van der Waals surface area contributed by atoms with Crippen LogP contribution in [0.2, 0.25) is 0 Å². The summed E-state index contributed by atoms with van der Waals surface area (Å²) in [7, 11) is 0. The largest absolute Gasteiger partial charge is 0.462 e. The minimum absolute atomic E-state index is 0. The van der Waals surface area contributed by atoms with Crippen molar-refractivity contribution in [1.29, 1.82) is 0 Å². The maximum atomic E-state index is 12.1. The molecule has 1 unspecified atom stereocenters. The molecule has 0 saturated carbocycles. The van der Waals surface area contributed by atoms with Crippen LogP contribution < -0.4 is 10.6 Å². The molecule has 7 nitrogen and oxygen atoms in total. The molecule has 2 N–H and O–H groups in total. The Bertz CT molecular complexity index is 695. The number of carbonyl (C=O) groups is 1. The Hall–Kier alpha value is -0.940. The fourth-order valence-corrected chi connectivity index (χ4v) is 4.55. The Morgan fingerprint density at radius 1 is 1.37 bits per heavy atom. The van der Waals surface area contributed by atoms with Gasteiger partial charge in [-0.1, -0.05) is 13.8 Å². The molecular weight excluding hydrogens is 513 g/mol. The van der Waals surface area contributed by atoms with Crippen molar-refractivity contribution in [3.63, 3.8) is 0 Å². The van der Waals surface area contributed by atoms with E-state index < -0.39 is 0 Å². The van der Waals surface area contributed by atoms with E-state index in [2.05, 4.69) is 41.3 Å². The van der Waals surface area contributed by atoms with Crippen LogP contribution in [-0.4, -0.2) is 60.6 Å². The SMILES string of the molecule is CCNC(=NC[C@H]1CCCN1CC(C)C)NC(C)c1nc(C)c(C(=O)OCC)s1.I. The van der Waals surface area contributed by atoms with Gasteiger partial charge in [0.1, 0.15) is 9.88 Å². The van der Waals surface area contributed by atoms with Crippen molar-refractivity contribution in [1.82, 2.24) is 20.5 Å². The first-order chi connectivity index (χ1) is 13.8. The minimum atomic E-state index is -0.298. The number of hydrogen-bond acceptors (Lipinski definition) is 6. The van der Waals surface area contributed by atoms with Gasteiger partial charge >= 0.3 is 5.97 Å². The van der Waals surface area contributed by atoms with E-state index >= 15 is 0 Å². The molecule has 2 atom stereocenters. The molecular formula is C21H38IN5O2S. The number of aromatic nitrogens is 1. The van der Waals surface area contributed by atoms with Gasteiger partial charge in [0.15, 0.2) is 5.96 Å². The number of nitrogens with one attached hydrogen (secondary N) is 2. The molecule has 0 aliphatic carbocycles. The second kappa shape index (κ2) is 13.5. The molecule has 0 aromatic carbocycles. The summed E-state index contributed by atoms with van der Waals surface area (Å²) >= 11 is 1.39. The maximum Gasteiger partial charge on any atom is 0.350 e. The Morgan fingerprint density at radius 2 is 2.10 bits per heavy atom. The lowest BCUT2D eigenvalue weighted by Gasteiger charge is -2.25. The smallest absolute Gasteiger partial charge is 0.350 e. The minimum Gasteiger partial charge on any atom is -0.462 e. The molecule has 2 heterocycles. The third-order valence-corrected chi connectivity index (χ3v) is 6.22. The fraction of sp³-hybridized carbons (Fsp3) is 0.762. The lowest BCUT2D eigenvalue weighted by atomic mass is 10.2. The lowest BCUT2D eigenvalue weighted by molar-refractivity contribution is 0.0531. The van der Waals surface area contributed by atoms with Crippen LogP contribution in [0.1, 0.15) is 73.9 Å². The zero-order chi connectivity index (χ0) is 21.4. The molecule has 0 amide bonds. The van der Waals surface area contributed by atoms with Crippen LogP contribution in [0.15, 0.2) is 4.99 Å². The molecule has 9 heteroatoms. The summed E-state index contributed by atoms with van der Waals surface area (Å²) in [6, 6.07) is 0.468. The Balaban J connectivity index is 0.00000450. The van der Waals surface area contributed by atoms with Gasteiger partial charge in [0.05, 0.1) is 24.9 Å². The van der Waals surface area contributed by atoms with Crippen LogP contribution in [0.4, 0.5) is 0 Å². The van der Waals surface area contributed by atoms with Gasteiger partial charge in [0.2, 0.25) is 0 Å². The molecule has 0 radical (unpaired) electrons. The van der Waals surface area contributed by atoms with E-state index in [-0.39, 0.29) is 36.0 Å². The van der Waals surface area contributed by atoms with E-state index in [0.29, 0.717) is 29.1 Å². The average molecular weight is 552 g/mol. The number of aryl methyl sites for hydroxylation is 1. The van der Waals surface area contributed by atoms with Crippen molar-refractivity contribution in [3.8, 4) is 0 Å². The van der Waals surface area contributed by atoms with Gasteiger partial charge in [-0.2, -0.15) is 0 Å². The topological polar surface area (TPSA) is 78.9 Å². The number of nitrogens with zero attached hydrogens (tertiary/aromatic N) is 3. The standard InChI is InChI=1S/C21H37N5O2S.HI/c1-7-22-21(23-12-17-10-9-11-26(17)13-14(3)4)25-16(6)19-24-15(5)18(29-19)20(27)28-8-2;/h14,16-17H,7-13H2,1-6H3,(H2,22,23,25);1H/t16?,17-;/m1./s1. The lowest BCUT2D eigenvalue weighted by Crippen LogP contribution is -2.40. The van der Waals surface area contributed by atoms with Crippen molar-refractivity contribution in [2.24, 2.45) is 10.9 Å². The van der Waals surface area contributed by atoms with Crippen molar-refractivity contribution >= 4 is 47.2 Å². The number of carbonyl (C=O) groups excluding carboxylic acids is 1. The van der Waals surface area contributed by atoms with E-state index in [1.54, 1.807) is 0 Å². The predicted octanol–water partition coefficient (Wildman–Crippen LogP) is 3.98. The van der Waals surface area contributed by atoms with Crippen molar-refractivity contribution in [2.75, 3.05) is 32.8 Å². The molecule has 1 saturated heterocycles. The Kier molecular flexibility index (Phi) is 12.2. The summed E-state index contributed by atoms with van der Waals surface area (Å²) in [5, 5.41) is 7.63. The second-order valence-corrected chi connectivity index (χ2v) is 8.99. The molecule has 1 fully saturated rings. The number of halogens is 1. The van der Waals surface area contributed by atoms with Crippen molar-refractivity contribution in [2.45, 2.75) is 66.5 Å². The molecule has 30 heavy (non-hydrogen) atoms. The first-order valence-corrected chi connectivity index (χ1v) is 11.6. The molecule has 172 valence electrons. The summed E-state index contributed by atoms with van der Waals surface area (Å²) in [5.74, 6) is 1.17. The normalized spacial score (nSPS) is 18.2. The van der Waals surface area contributed by atoms with E-state index in [1.165, 1.54) is 30.7 Å². The Morgan fingerprint density at radius 3 is 2.73 bits per heavy atom. The van der Waals surface area contributed by atoms with Gasteiger partial charge < -0.3 is 15.4 Å². The van der Waals surface area contributed by atoms with Gasteiger partial charge in [-0.05, 0) is 53.0 Å². The first-order valence-electron chi connectivity index (χ1n) is 10.8. The number of esters is 1. The van der Waals surface area contributed by atoms with Crippen LogP contribution in [0, 0.1) is 12.8 Å². The molecule has 1 aliphatic heterocycles. The summed E-state index contributed by atoms with van der Waals surface area (Å²) < 4.78 is 5.12. The van der Waals surface area contributed by atoms with Crippen LogP contribution >= 0.6 is 35.3 Å². The predicted molar refractivity (Wildman–Crippen MR) is 135 cm³/mol. The monoisotopic (exact) mass is 551 g/mol. The van der Waals surface area contributed by atoms with E-state index in [9.17, 15) is 4.79 Å². The van der Waals surface area contributed by atoms with Crippen molar-refractivity contribution < 1.29 is 9.53 Å². The van der Waals surface area contributed by atoms with E-state index in [1.807, 2.05) is 20.8 Å². The van der Waals surface area contributed by atoms with Crippen LogP contribution in [0.3, 0.4) is 0 Å². The van der Waals surface area contributed by atoms with E-state index in [4.69, 9.17) is 9.73 Å². The van der Waals surface area contributed by atoms with Gasteiger partial charge in [-0.3, -0.25) is 9.89 Å². The molecule has 0 spiro atoms. The summed E-state index contributed by atoms with van der Waals surface area (Å²) in [6.45, 7) is 16.6. The zero-order valence-electron chi connectivity index (χ0n) is 19.2. The van der Waals surface area contributed by atoms with Crippen LogP contribution in [-0.2, 0) is 4.74 Å². The maximum absolute atomic E-state index is 12.1. The second-order valence-electron chi connectivity index (χ2n) is 7.96. The molecule has 2 rings (SSSR count). The van der Waals surface area contributed by atoms with Gasteiger partial charge in [-0.15, -0.1) is 35.3 Å². The highest BCUT2D eigenvalue weighted by Gasteiger charge is 2.25. The van der Waals surface area contributed by atoms with Gasteiger partial charge in [0.25, 0.3) is 0 Å². The molecule has 0 bridgehead atoms. The van der Waals surface area contributed by atoms with E-state index in [0.717, 1.165) is 30.6 Å². The van der Waals surface area contributed by atoms with Gasteiger partial charge in [0, 0.05) is 19.1 Å². The number of rotatable bonds is 9. The van der Waals surface area contributed by atoms with Crippen LogP contribution in [0.5, 0.6) is 0 Å². The summed E-state index contributed by atoms with van der Waals surface area (Å²) in [5.41, 5.74) is 0.717. The highest BCUT2D eigenvalue weighted by Crippen LogP contribution is 2.24. The fourth-order valence-electron chi connectivity index (χ4n) is 3.58. The first kappa shape index (κ1) is 27.1. The third-order valence-electron chi connectivity index (χ3n) is 4.90. The molecule has 1 aromatic heterocycles. The summed E-state index contributed by atoms with van der Waals surface area (Å²) in [4.78, 5) is 24.6. The quantitative estimate of drug-likeness (QED) is 0.209. The number of hydrogen-bond donors (Lipinski definition) is 2. The number of aliphatic imine (C=N–C) groups is 1.